The zero-order chi connectivity index (χ0) is 14.8. The van der Waals surface area contributed by atoms with Gasteiger partial charge in [0.25, 0.3) is 11.8 Å². The number of carbonyl (C=O) groups is 2. The highest BCUT2D eigenvalue weighted by atomic mass is 16.6. The molecular formula is C17H15NO3. The summed E-state index contributed by atoms with van der Waals surface area (Å²) in [4.78, 5) is 26.6. The third-order valence-electron chi connectivity index (χ3n) is 4.37. The van der Waals surface area contributed by atoms with Gasteiger partial charge in [-0.25, -0.2) is 0 Å². The van der Waals surface area contributed by atoms with Crippen molar-refractivity contribution in [3.05, 3.63) is 47.5 Å². The number of hydrogen-bond acceptors (Lipinski definition) is 3. The molecule has 0 aromatic heterocycles. The first kappa shape index (κ1) is 12.5. The highest BCUT2D eigenvalue weighted by molar-refractivity contribution is 6.25. The third kappa shape index (κ3) is 1.72. The molecule has 1 fully saturated rings. The summed E-state index contributed by atoms with van der Waals surface area (Å²) in [6.45, 7) is 4.24. The van der Waals surface area contributed by atoms with E-state index in [-0.39, 0.29) is 23.5 Å². The van der Waals surface area contributed by atoms with Crippen LogP contribution in [0.2, 0.25) is 0 Å². The van der Waals surface area contributed by atoms with Crippen molar-refractivity contribution in [3.63, 3.8) is 0 Å². The van der Waals surface area contributed by atoms with Crippen molar-refractivity contribution in [2.24, 2.45) is 0 Å². The van der Waals surface area contributed by atoms with Gasteiger partial charge in [0.05, 0.1) is 12.1 Å². The summed E-state index contributed by atoms with van der Waals surface area (Å²) in [6, 6.07) is 11.1. The molecule has 106 valence electrons. The summed E-state index contributed by atoms with van der Waals surface area (Å²) in [5.41, 5.74) is 0.950. The molecular weight excluding hydrogens is 266 g/mol. The van der Waals surface area contributed by atoms with E-state index in [1.54, 1.807) is 12.1 Å². The summed E-state index contributed by atoms with van der Waals surface area (Å²) in [5.74, 6) is -0.453. The quantitative estimate of drug-likeness (QED) is 0.628. The Balaban J connectivity index is 1.82. The van der Waals surface area contributed by atoms with Crippen LogP contribution in [-0.2, 0) is 4.74 Å². The lowest BCUT2D eigenvalue weighted by Crippen LogP contribution is -2.43. The van der Waals surface area contributed by atoms with Crippen LogP contribution < -0.4 is 0 Å². The molecule has 1 unspecified atom stereocenters. The average Bonchev–Trinajstić information content (AvgIpc) is 3.07. The van der Waals surface area contributed by atoms with E-state index in [1.165, 1.54) is 4.90 Å². The fourth-order valence-electron chi connectivity index (χ4n) is 3.00. The van der Waals surface area contributed by atoms with E-state index in [1.807, 2.05) is 38.1 Å². The molecule has 0 bridgehead atoms. The normalized spacial score (nSPS) is 22.8. The molecule has 0 aliphatic carbocycles. The summed E-state index contributed by atoms with van der Waals surface area (Å²) in [7, 11) is 0. The van der Waals surface area contributed by atoms with Gasteiger partial charge in [-0.3, -0.25) is 14.5 Å². The van der Waals surface area contributed by atoms with Crippen molar-refractivity contribution in [1.29, 1.82) is 0 Å². The Labute approximate surface area is 122 Å². The molecule has 2 amide bonds. The van der Waals surface area contributed by atoms with Gasteiger partial charge in [-0.1, -0.05) is 24.3 Å². The number of hydrogen-bond donors (Lipinski definition) is 0. The van der Waals surface area contributed by atoms with Crippen molar-refractivity contribution in [2.45, 2.75) is 25.6 Å². The van der Waals surface area contributed by atoms with Crippen LogP contribution >= 0.6 is 0 Å². The van der Waals surface area contributed by atoms with Crippen molar-refractivity contribution in [3.8, 4) is 0 Å². The van der Waals surface area contributed by atoms with Gasteiger partial charge in [0.2, 0.25) is 0 Å². The van der Waals surface area contributed by atoms with Crippen molar-refractivity contribution in [2.75, 3.05) is 6.54 Å². The van der Waals surface area contributed by atoms with Crippen molar-refractivity contribution in [1.82, 2.24) is 4.90 Å². The van der Waals surface area contributed by atoms with Gasteiger partial charge in [-0.2, -0.15) is 0 Å². The number of rotatable bonds is 2. The molecule has 2 aromatic rings. The predicted molar refractivity (Wildman–Crippen MR) is 78.3 cm³/mol. The zero-order valence-corrected chi connectivity index (χ0v) is 11.9. The summed E-state index contributed by atoms with van der Waals surface area (Å²) in [5, 5.41) is 1.69. The molecule has 4 nitrogen and oxygen atoms in total. The maximum Gasteiger partial charge on any atom is 0.261 e. The Morgan fingerprint density at radius 1 is 1.05 bits per heavy atom. The standard InChI is InChI=1S/C17H15NO3/c1-17(2)13(21-17)9-18-15(19)11-7-3-5-10-6-4-8-12(14(10)11)16(18)20/h3-8,13H,9H2,1-2H3. The molecule has 0 N–H and O–H groups in total. The fraction of sp³-hybridized carbons (Fsp3) is 0.294. The van der Waals surface area contributed by atoms with Gasteiger partial charge in [-0.15, -0.1) is 0 Å². The number of nitrogens with zero attached hydrogens (tertiary/aromatic N) is 1. The maximum atomic E-state index is 12.6. The third-order valence-corrected chi connectivity index (χ3v) is 4.37. The van der Waals surface area contributed by atoms with E-state index >= 15 is 0 Å². The van der Waals surface area contributed by atoms with Gasteiger partial charge in [0.1, 0.15) is 6.10 Å². The molecule has 2 aromatic carbocycles. The van der Waals surface area contributed by atoms with Crippen LogP contribution in [0.25, 0.3) is 10.8 Å². The van der Waals surface area contributed by atoms with Gasteiger partial charge in [0.15, 0.2) is 0 Å². The second kappa shape index (κ2) is 3.92. The lowest BCUT2D eigenvalue weighted by atomic mass is 9.94. The molecule has 4 rings (SSSR count). The van der Waals surface area contributed by atoms with Gasteiger partial charge in [-0.05, 0) is 31.4 Å². The SMILES string of the molecule is CC1(C)OC1CN1C(=O)c2cccc3cccc(c23)C1=O. The number of amides is 2. The minimum atomic E-state index is -0.246. The van der Waals surface area contributed by atoms with Gasteiger partial charge >= 0.3 is 0 Å². The molecule has 2 aliphatic rings. The molecule has 1 saturated heterocycles. The summed E-state index contributed by atoms with van der Waals surface area (Å²) >= 11 is 0. The Kier molecular flexibility index (Phi) is 2.34. The van der Waals surface area contributed by atoms with Crippen LogP contribution in [0.5, 0.6) is 0 Å². The first-order chi connectivity index (χ1) is 9.99. The molecule has 2 heterocycles. The Morgan fingerprint density at radius 3 is 2.05 bits per heavy atom. The topological polar surface area (TPSA) is 49.9 Å². The van der Waals surface area contributed by atoms with Crippen LogP contribution in [0, 0.1) is 0 Å². The van der Waals surface area contributed by atoms with Crippen LogP contribution in [0.15, 0.2) is 36.4 Å². The van der Waals surface area contributed by atoms with E-state index in [0.717, 1.165) is 10.8 Å². The highest BCUT2D eigenvalue weighted by Gasteiger charge is 2.50. The average molecular weight is 281 g/mol. The monoisotopic (exact) mass is 281 g/mol. The summed E-state index contributed by atoms with van der Waals surface area (Å²) in [6.07, 6.45) is -0.0742. The predicted octanol–water partition coefficient (Wildman–Crippen LogP) is 2.61. The Bertz CT molecular complexity index is 743. The van der Waals surface area contributed by atoms with Crippen LogP contribution in [-0.4, -0.2) is 35.0 Å². The van der Waals surface area contributed by atoms with Crippen molar-refractivity contribution < 1.29 is 14.3 Å². The van der Waals surface area contributed by atoms with Gasteiger partial charge < -0.3 is 4.74 Å². The van der Waals surface area contributed by atoms with E-state index < -0.39 is 0 Å². The lowest BCUT2D eigenvalue weighted by molar-refractivity contribution is 0.0598. The van der Waals surface area contributed by atoms with E-state index in [2.05, 4.69) is 0 Å². The van der Waals surface area contributed by atoms with E-state index in [4.69, 9.17) is 4.74 Å². The first-order valence-electron chi connectivity index (χ1n) is 7.05. The van der Waals surface area contributed by atoms with Crippen LogP contribution in [0.3, 0.4) is 0 Å². The Hall–Kier alpha value is -2.20. The minimum Gasteiger partial charge on any atom is -0.365 e. The Morgan fingerprint density at radius 2 is 1.57 bits per heavy atom. The molecule has 0 spiro atoms. The van der Waals surface area contributed by atoms with Crippen LogP contribution in [0.1, 0.15) is 34.6 Å². The first-order valence-corrected chi connectivity index (χ1v) is 7.05. The molecule has 21 heavy (non-hydrogen) atoms. The highest BCUT2D eigenvalue weighted by Crippen LogP contribution is 2.37. The number of epoxide rings is 1. The molecule has 1 atom stereocenters. The second-order valence-corrected chi connectivity index (χ2v) is 6.14. The van der Waals surface area contributed by atoms with E-state index in [9.17, 15) is 9.59 Å². The number of benzene rings is 2. The van der Waals surface area contributed by atoms with Crippen molar-refractivity contribution >= 4 is 22.6 Å². The van der Waals surface area contributed by atoms with E-state index in [0.29, 0.717) is 17.7 Å². The fourth-order valence-corrected chi connectivity index (χ4v) is 3.00. The van der Waals surface area contributed by atoms with Gasteiger partial charge in [0, 0.05) is 16.5 Å². The number of imide groups is 1. The number of carbonyl (C=O) groups excluding carboxylic acids is 2. The molecule has 4 heteroatoms. The largest absolute Gasteiger partial charge is 0.365 e. The number of ether oxygens (including phenoxy) is 1. The van der Waals surface area contributed by atoms with Crippen LogP contribution in [0.4, 0.5) is 0 Å². The second-order valence-electron chi connectivity index (χ2n) is 6.14. The molecule has 0 saturated carbocycles. The smallest absolute Gasteiger partial charge is 0.261 e. The summed E-state index contributed by atoms with van der Waals surface area (Å²) < 4.78 is 5.52. The molecule has 2 aliphatic heterocycles. The molecule has 0 radical (unpaired) electrons. The minimum absolute atomic E-state index is 0.0742. The lowest BCUT2D eigenvalue weighted by Gasteiger charge is -2.26. The maximum absolute atomic E-state index is 12.6. The zero-order valence-electron chi connectivity index (χ0n) is 11.9.